The van der Waals surface area contributed by atoms with Crippen LogP contribution in [0.3, 0.4) is 0 Å². The number of benzene rings is 1. The van der Waals surface area contributed by atoms with Gasteiger partial charge in [0.25, 0.3) is 0 Å². The lowest BCUT2D eigenvalue weighted by Crippen LogP contribution is -2.35. The number of hydrogen-bond donors (Lipinski definition) is 0. The van der Waals surface area contributed by atoms with E-state index < -0.39 is 0 Å². The minimum absolute atomic E-state index is 0.204. The summed E-state index contributed by atoms with van der Waals surface area (Å²) in [4.78, 5) is 18.3. The van der Waals surface area contributed by atoms with Crippen molar-refractivity contribution in [2.24, 2.45) is 0 Å². The fourth-order valence-corrected chi connectivity index (χ4v) is 4.39. The standard InChI is InChI=1S/C23H24FN5O3/c1-2-31-23(30)28-10-7-15(8-11-28)18-13-25-21(29-14-26-27-22(18)29)6-3-16-17-9-12-32-20(17)5-4-19(16)24/h4-5,7,13-14H,2-3,6,8-12H2,1H3. The zero-order valence-corrected chi connectivity index (χ0v) is 17.9. The van der Waals surface area contributed by atoms with Gasteiger partial charge in [0, 0.05) is 43.3 Å². The number of rotatable bonds is 5. The van der Waals surface area contributed by atoms with Gasteiger partial charge in [-0.25, -0.2) is 14.2 Å². The van der Waals surface area contributed by atoms with E-state index in [9.17, 15) is 9.18 Å². The average molecular weight is 437 g/mol. The van der Waals surface area contributed by atoms with Gasteiger partial charge in [-0.2, -0.15) is 0 Å². The molecule has 166 valence electrons. The molecule has 5 rings (SSSR count). The lowest BCUT2D eigenvalue weighted by atomic mass is 9.99. The van der Waals surface area contributed by atoms with Gasteiger partial charge in [0.2, 0.25) is 0 Å². The minimum Gasteiger partial charge on any atom is -0.493 e. The molecule has 1 aromatic carbocycles. The molecule has 2 aliphatic rings. The second-order valence-electron chi connectivity index (χ2n) is 7.84. The highest BCUT2D eigenvalue weighted by Gasteiger charge is 2.22. The van der Waals surface area contributed by atoms with Gasteiger partial charge in [0.05, 0.1) is 13.2 Å². The Balaban J connectivity index is 1.37. The molecule has 8 nitrogen and oxygen atoms in total. The number of fused-ring (bicyclic) bond motifs is 2. The van der Waals surface area contributed by atoms with Gasteiger partial charge in [-0.1, -0.05) is 6.08 Å². The second kappa shape index (κ2) is 8.57. The van der Waals surface area contributed by atoms with E-state index in [1.54, 1.807) is 30.4 Å². The summed E-state index contributed by atoms with van der Waals surface area (Å²) < 4.78 is 27.0. The summed E-state index contributed by atoms with van der Waals surface area (Å²) in [5, 5.41) is 8.38. The summed E-state index contributed by atoms with van der Waals surface area (Å²) in [6, 6.07) is 3.17. The molecule has 0 aliphatic carbocycles. The molecular formula is C23H24FN5O3. The lowest BCUT2D eigenvalue weighted by molar-refractivity contribution is 0.111. The Labute approximate surface area is 184 Å². The van der Waals surface area contributed by atoms with Gasteiger partial charge in [0.15, 0.2) is 5.65 Å². The Morgan fingerprint density at radius 1 is 1.28 bits per heavy atom. The van der Waals surface area contributed by atoms with Crippen LogP contribution in [0.25, 0.3) is 11.2 Å². The molecule has 3 aromatic rings. The van der Waals surface area contributed by atoms with Crippen LogP contribution >= 0.6 is 0 Å². The van der Waals surface area contributed by atoms with Crippen molar-refractivity contribution in [1.82, 2.24) is 24.5 Å². The zero-order valence-electron chi connectivity index (χ0n) is 17.9. The van der Waals surface area contributed by atoms with Crippen LogP contribution in [0, 0.1) is 5.82 Å². The Morgan fingerprint density at radius 2 is 2.19 bits per heavy atom. The Kier molecular flexibility index (Phi) is 5.46. The summed E-state index contributed by atoms with van der Waals surface area (Å²) >= 11 is 0. The van der Waals surface area contributed by atoms with Gasteiger partial charge in [0.1, 0.15) is 23.7 Å². The summed E-state index contributed by atoms with van der Waals surface area (Å²) in [5.74, 6) is 1.35. The first-order valence-corrected chi connectivity index (χ1v) is 10.9. The molecule has 0 unspecified atom stereocenters. The molecule has 0 radical (unpaired) electrons. The lowest BCUT2D eigenvalue weighted by Gasteiger charge is -2.25. The van der Waals surface area contributed by atoms with Crippen molar-refractivity contribution in [1.29, 1.82) is 0 Å². The maximum Gasteiger partial charge on any atom is 0.410 e. The highest BCUT2D eigenvalue weighted by atomic mass is 19.1. The molecule has 0 bridgehead atoms. The molecule has 2 aromatic heterocycles. The van der Waals surface area contributed by atoms with Crippen molar-refractivity contribution >= 4 is 17.3 Å². The van der Waals surface area contributed by atoms with E-state index in [-0.39, 0.29) is 11.9 Å². The molecule has 0 saturated carbocycles. The van der Waals surface area contributed by atoms with Crippen LogP contribution < -0.4 is 4.74 Å². The number of aromatic nitrogens is 4. The van der Waals surface area contributed by atoms with E-state index in [0.29, 0.717) is 56.8 Å². The number of carbonyl (C=O) groups excluding carboxylic acids is 1. The zero-order chi connectivity index (χ0) is 22.1. The fourth-order valence-electron chi connectivity index (χ4n) is 4.39. The number of carbonyl (C=O) groups is 1. The molecule has 0 saturated heterocycles. The van der Waals surface area contributed by atoms with Crippen molar-refractivity contribution in [2.45, 2.75) is 32.6 Å². The van der Waals surface area contributed by atoms with Gasteiger partial charge in [-0.15, -0.1) is 10.2 Å². The average Bonchev–Trinajstić information content (AvgIpc) is 3.49. The Bertz CT molecular complexity index is 1210. The van der Waals surface area contributed by atoms with E-state index >= 15 is 0 Å². The van der Waals surface area contributed by atoms with E-state index in [1.165, 1.54) is 6.07 Å². The quantitative estimate of drug-likeness (QED) is 0.610. The molecule has 4 heterocycles. The van der Waals surface area contributed by atoms with Crippen molar-refractivity contribution in [2.75, 3.05) is 26.3 Å². The van der Waals surface area contributed by atoms with Crippen LogP contribution in [0.15, 0.2) is 30.7 Å². The molecule has 2 aliphatic heterocycles. The first-order valence-electron chi connectivity index (χ1n) is 10.9. The second-order valence-corrected chi connectivity index (χ2v) is 7.84. The predicted octanol–water partition coefficient (Wildman–Crippen LogP) is 3.23. The third-order valence-electron chi connectivity index (χ3n) is 6.03. The maximum absolute atomic E-state index is 14.5. The fraction of sp³-hybridized carbons (Fsp3) is 0.391. The van der Waals surface area contributed by atoms with Crippen molar-refractivity contribution < 1.29 is 18.7 Å². The van der Waals surface area contributed by atoms with E-state index in [0.717, 1.165) is 34.7 Å². The maximum atomic E-state index is 14.5. The van der Waals surface area contributed by atoms with E-state index in [1.807, 2.05) is 10.5 Å². The molecular weight excluding hydrogens is 413 g/mol. The number of amides is 1. The SMILES string of the molecule is CCOC(=O)N1CC=C(c2cnc(CCc3c(F)ccc4c3CCO4)n3cnnc23)CC1. The van der Waals surface area contributed by atoms with Crippen molar-refractivity contribution in [3.05, 3.63) is 59.1 Å². The minimum atomic E-state index is -0.297. The highest BCUT2D eigenvalue weighted by Crippen LogP contribution is 2.31. The van der Waals surface area contributed by atoms with Crippen LogP contribution in [0.4, 0.5) is 9.18 Å². The number of halogens is 1. The third-order valence-corrected chi connectivity index (χ3v) is 6.03. The Morgan fingerprint density at radius 3 is 3.00 bits per heavy atom. The van der Waals surface area contributed by atoms with Crippen LogP contribution in [0.5, 0.6) is 5.75 Å². The van der Waals surface area contributed by atoms with Crippen LogP contribution in [0.1, 0.15) is 35.9 Å². The normalized spacial score (nSPS) is 15.4. The van der Waals surface area contributed by atoms with Gasteiger partial charge >= 0.3 is 6.09 Å². The molecule has 0 fully saturated rings. The van der Waals surface area contributed by atoms with E-state index in [2.05, 4.69) is 15.2 Å². The summed E-state index contributed by atoms with van der Waals surface area (Å²) in [6.07, 6.45) is 7.65. The molecule has 0 spiro atoms. The number of hydrogen-bond acceptors (Lipinski definition) is 6. The molecule has 0 atom stereocenters. The predicted molar refractivity (Wildman–Crippen MR) is 115 cm³/mol. The molecule has 0 N–H and O–H groups in total. The van der Waals surface area contributed by atoms with Gasteiger partial charge < -0.3 is 14.4 Å². The number of nitrogens with zero attached hydrogens (tertiary/aromatic N) is 5. The summed E-state index contributed by atoms with van der Waals surface area (Å²) in [5.41, 5.74) is 4.34. The third kappa shape index (κ3) is 3.68. The molecule has 32 heavy (non-hydrogen) atoms. The summed E-state index contributed by atoms with van der Waals surface area (Å²) in [7, 11) is 0. The van der Waals surface area contributed by atoms with E-state index in [4.69, 9.17) is 9.47 Å². The van der Waals surface area contributed by atoms with Crippen LogP contribution in [-0.2, 0) is 24.0 Å². The van der Waals surface area contributed by atoms with Crippen molar-refractivity contribution in [3.8, 4) is 5.75 Å². The first kappa shape index (κ1) is 20.4. The van der Waals surface area contributed by atoms with Gasteiger partial charge in [-0.05, 0) is 43.0 Å². The molecule has 1 amide bonds. The first-order chi connectivity index (χ1) is 15.7. The van der Waals surface area contributed by atoms with Crippen LogP contribution in [-0.4, -0.2) is 56.9 Å². The monoisotopic (exact) mass is 437 g/mol. The van der Waals surface area contributed by atoms with Crippen molar-refractivity contribution in [3.63, 3.8) is 0 Å². The summed E-state index contributed by atoms with van der Waals surface area (Å²) in [6.45, 7) is 3.81. The molecule has 9 heteroatoms. The smallest absolute Gasteiger partial charge is 0.410 e. The highest BCUT2D eigenvalue weighted by molar-refractivity contribution is 5.77. The largest absolute Gasteiger partial charge is 0.493 e. The Hall–Kier alpha value is -3.49. The number of aryl methyl sites for hydroxylation is 1. The van der Waals surface area contributed by atoms with Crippen LogP contribution in [0.2, 0.25) is 0 Å². The van der Waals surface area contributed by atoms with Gasteiger partial charge in [-0.3, -0.25) is 4.40 Å². The number of ether oxygens (including phenoxy) is 2. The topological polar surface area (TPSA) is 81.8 Å².